The molecule has 1 aromatic rings. The molecular formula is C18H29FN2. The van der Waals surface area contributed by atoms with E-state index in [9.17, 15) is 4.39 Å². The Bertz CT molecular complexity index is 462. The third-order valence-electron chi connectivity index (χ3n) is 5.30. The minimum absolute atomic E-state index is 0.0473. The van der Waals surface area contributed by atoms with Gasteiger partial charge in [-0.1, -0.05) is 31.7 Å². The Morgan fingerprint density at radius 3 is 2.38 bits per heavy atom. The first-order valence-electron chi connectivity index (χ1n) is 8.14. The Morgan fingerprint density at radius 2 is 1.81 bits per heavy atom. The number of halogens is 1. The molecule has 1 aliphatic rings. The van der Waals surface area contributed by atoms with Crippen molar-refractivity contribution in [2.75, 3.05) is 14.1 Å². The minimum atomic E-state index is -0.164. The average molecular weight is 292 g/mol. The molecule has 2 nitrogen and oxygen atoms in total. The van der Waals surface area contributed by atoms with Gasteiger partial charge in [0.1, 0.15) is 5.82 Å². The monoisotopic (exact) mass is 292 g/mol. The van der Waals surface area contributed by atoms with Crippen molar-refractivity contribution in [3.8, 4) is 0 Å². The van der Waals surface area contributed by atoms with Crippen molar-refractivity contribution in [3.05, 3.63) is 35.1 Å². The fourth-order valence-electron chi connectivity index (χ4n) is 3.78. The first-order valence-corrected chi connectivity index (χ1v) is 8.14. The SMILES string of the molecule is Cc1ccc(F)cc1CC(N)C1(N(C)C)CCCCCC1. The summed E-state index contributed by atoms with van der Waals surface area (Å²) in [6.07, 6.45) is 8.15. The number of nitrogens with two attached hydrogens (primary N) is 1. The van der Waals surface area contributed by atoms with Gasteiger partial charge < -0.3 is 10.6 Å². The minimum Gasteiger partial charge on any atom is -0.326 e. The van der Waals surface area contributed by atoms with Gasteiger partial charge in [0.2, 0.25) is 0 Å². The second-order valence-corrected chi connectivity index (χ2v) is 6.79. The predicted molar refractivity (Wildman–Crippen MR) is 86.9 cm³/mol. The zero-order valence-electron chi connectivity index (χ0n) is 13.7. The van der Waals surface area contributed by atoms with Crippen LogP contribution in [0.4, 0.5) is 4.39 Å². The highest BCUT2D eigenvalue weighted by atomic mass is 19.1. The van der Waals surface area contributed by atoms with E-state index >= 15 is 0 Å². The van der Waals surface area contributed by atoms with Crippen LogP contribution in [0.15, 0.2) is 18.2 Å². The van der Waals surface area contributed by atoms with Gasteiger partial charge >= 0.3 is 0 Å². The lowest BCUT2D eigenvalue weighted by molar-refractivity contribution is 0.0967. The van der Waals surface area contributed by atoms with Gasteiger partial charge in [-0.05, 0) is 63.5 Å². The van der Waals surface area contributed by atoms with E-state index in [4.69, 9.17) is 5.73 Å². The lowest BCUT2D eigenvalue weighted by atomic mass is 9.78. The average Bonchev–Trinajstić information content (AvgIpc) is 2.69. The normalized spacial score (nSPS) is 20.3. The highest BCUT2D eigenvalue weighted by Crippen LogP contribution is 2.34. The second kappa shape index (κ2) is 6.89. The molecule has 0 bridgehead atoms. The maximum Gasteiger partial charge on any atom is 0.123 e. The van der Waals surface area contributed by atoms with Crippen LogP contribution in [0.5, 0.6) is 0 Å². The largest absolute Gasteiger partial charge is 0.326 e. The van der Waals surface area contributed by atoms with E-state index < -0.39 is 0 Å². The summed E-state index contributed by atoms with van der Waals surface area (Å²) >= 11 is 0. The van der Waals surface area contributed by atoms with Crippen LogP contribution >= 0.6 is 0 Å². The van der Waals surface area contributed by atoms with Crippen LogP contribution in [-0.4, -0.2) is 30.6 Å². The molecule has 1 aliphatic carbocycles. The molecule has 0 aromatic heterocycles. The van der Waals surface area contributed by atoms with E-state index in [1.54, 1.807) is 6.07 Å². The van der Waals surface area contributed by atoms with Crippen molar-refractivity contribution < 1.29 is 4.39 Å². The van der Waals surface area contributed by atoms with E-state index in [-0.39, 0.29) is 17.4 Å². The van der Waals surface area contributed by atoms with Crippen LogP contribution in [0, 0.1) is 12.7 Å². The zero-order chi connectivity index (χ0) is 15.5. The number of nitrogens with zero attached hydrogens (tertiary/aromatic N) is 1. The summed E-state index contributed by atoms with van der Waals surface area (Å²) in [5.74, 6) is -0.164. The Morgan fingerprint density at radius 1 is 1.19 bits per heavy atom. The Balaban J connectivity index is 2.22. The van der Waals surface area contributed by atoms with Crippen LogP contribution < -0.4 is 5.73 Å². The highest BCUT2D eigenvalue weighted by Gasteiger charge is 2.39. The molecule has 0 heterocycles. The summed E-state index contributed by atoms with van der Waals surface area (Å²) in [6.45, 7) is 2.04. The van der Waals surface area contributed by atoms with Gasteiger partial charge in [0, 0.05) is 11.6 Å². The Kier molecular flexibility index (Phi) is 5.39. The summed E-state index contributed by atoms with van der Waals surface area (Å²) < 4.78 is 13.5. The van der Waals surface area contributed by atoms with Gasteiger partial charge in [0.25, 0.3) is 0 Å². The lowest BCUT2D eigenvalue weighted by Crippen LogP contribution is -2.58. The van der Waals surface area contributed by atoms with Crippen molar-refractivity contribution >= 4 is 0 Å². The second-order valence-electron chi connectivity index (χ2n) is 6.79. The molecular weight excluding hydrogens is 263 g/mol. The maximum atomic E-state index is 13.5. The predicted octanol–water partition coefficient (Wildman–Crippen LogP) is 3.66. The highest BCUT2D eigenvalue weighted by molar-refractivity contribution is 5.28. The number of benzene rings is 1. The van der Waals surface area contributed by atoms with Gasteiger partial charge in [0.15, 0.2) is 0 Å². The van der Waals surface area contributed by atoms with Gasteiger partial charge in [-0.25, -0.2) is 4.39 Å². The molecule has 1 atom stereocenters. The molecule has 1 fully saturated rings. The summed E-state index contributed by atoms with van der Waals surface area (Å²) in [6, 6.07) is 5.07. The summed E-state index contributed by atoms with van der Waals surface area (Å²) in [4.78, 5) is 2.32. The molecule has 118 valence electrons. The zero-order valence-corrected chi connectivity index (χ0v) is 13.7. The molecule has 0 radical (unpaired) electrons. The smallest absolute Gasteiger partial charge is 0.123 e. The standard InChI is InChI=1S/C18H29FN2/c1-14-8-9-16(19)12-15(14)13-17(20)18(21(2)3)10-6-4-5-7-11-18/h8-9,12,17H,4-7,10-11,13,20H2,1-3H3. The van der Waals surface area contributed by atoms with Gasteiger partial charge in [-0.3, -0.25) is 0 Å². The molecule has 0 spiro atoms. The van der Waals surface area contributed by atoms with Crippen LogP contribution in [0.2, 0.25) is 0 Å². The van der Waals surface area contributed by atoms with E-state index in [1.807, 2.05) is 13.0 Å². The first kappa shape index (κ1) is 16.4. The summed E-state index contributed by atoms with van der Waals surface area (Å²) in [5.41, 5.74) is 8.87. The van der Waals surface area contributed by atoms with Crippen molar-refractivity contribution in [3.63, 3.8) is 0 Å². The summed E-state index contributed by atoms with van der Waals surface area (Å²) in [5, 5.41) is 0. The molecule has 0 amide bonds. The Hall–Kier alpha value is -0.930. The third kappa shape index (κ3) is 3.64. The van der Waals surface area contributed by atoms with E-state index in [0.29, 0.717) is 0 Å². The number of likely N-dealkylation sites (N-methyl/N-ethyl adjacent to an activating group) is 1. The summed E-state index contributed by atoms with van der Waals surface area (Å²) in [7, 11) is 4.28. The Labute approximate surface area is 128 Å². The maximum absolute atomic E-state index is 13.5. The number of aryl methyl sites for hydroxylation is 1. The fraction of sp³-hybridized carbons (Fsp3) is 0.667. The number of hydrogen-bond donors (Lipinski definition) is 1. The molecule has 2 rings (SSSR count). The molecule has 1 saturated carbocycles. The molecule has 3 heteroatoms. The third-order valence-corrected chi connectivity index (χ3v) is 5.30. The van der Waals surface area contributed by atoms with E-state index in [0.717, 1.165) is 30.4 Å². The quantitative estimate of drug-likeness (QED) is 0.858. The van der Waals surface area contributed by atoms with Crippen molar-refractivity contribution in [1.82, 2.24) is 4.90 Å². The van der Waals surface area contributed by atoms with Crippen molar-refractivity contribution in [1.29, 1.82) is 0 Å². The van der Waals surface area contributed by atoms with E-state index in [2.05, 4.69) is 19.0 Å². The van der Waals surface area contributed by atoms with Gasteiger partial charge in [-0.15, -0.1) is 0 Å². The van der Waals surface area contributed by atoms with Crippen LogP contribution in [0.1, 0.15) is 49.7 Å². The lowest BCUT2D eigenvalue weighted by Gasteiger charge is -2.44. The van der Waals surface area contributed by atoms with Crippen LogP contribution in [0.25, 0.3) is 0 Å². The fourth-order valence-corrected chi connectivity index (χ4v) is 3.78. The first-order chi connectivity index (χ1) is 9.95. The van der Waals surface area contributed by atoms with Gasteiger partial charge in [0.05, 0.1) is 0 Å². The molecule has 1 unspecified atom stereocenters. The topological polar surface area (TPSA) is 29.3 Å². The van der Waals surface area contributed by atoms with Crippen molar-refractivity contribution in [2.24, 2.45) is 5.73 Å². The van der Waals surface area contributed by atoms with Crippen LogP contribution in [0.3, 0.4) is 0 Å². The molecule has 21 heavy (non-hydrogen) atoms. The number of rotatable bonds is 4. The molecule has 0 saturated heterocycles. The number of hydrogen-bond acceptors (Lipinski definition) is 2. The van der Waals surface area contributed by atoms with Gasteiger partial charge in [-0.2, -0.15) is 0 Å². The van der Waals surface area contributed by atoms with Crippen molar-refractivity contribution in [2.45, 2.75) is 63.5 Å². The molecule has 0 aliphatic heterocycles. The molecule has 1 aromatic carbocycles. The van der Waals surface area contributed by atoms with E-state index in [1.165, 1.54) is 31.7 Å². The van der Waals surface area contributed by atoms with Crippen LogP contribution in [-0.2, 0) is 6.42 Å². The molecule has 2 N–H and O–H groups in total.